The van der Waals surface area contributed by atoms with Gasteiger partial charge in [0.05, 0.1) is 5.25 Å². The highest BCUT2D eigenvalue weighted by Gasteiger charge is 2.33. The van der Waals surface area contributed by atoms with Gasteiger partial charge in [0.1, 0.15) is 6.17 Å². The Hall–Kier alpha value is -0.970. The van der Waals surface area contributed by atoms with Gasteiger partial charge in [-0.25, -0.2) is 4.99 Å². The minimum Gasteiger partial charge on any atom is -0.378 e. The first-order valence-corrected chi connectivity index (χ1v) is 4.57. The molecule has 64 valence electrons. The van der Waals surface area contributed by atoms with Gasteiger partial charge in [-0.1, -0.05) is 23.9 Å². The molecule has 0 saturated heterocycles. The molecule has 0 bridgehead atoms. The van der Waals surface area contributed by atoms with Crippen LogP contribution < -0.4 is 5.73 Å². The molecule has 0 aromatic rings. The quantitative estimate of drug-likeness (QED) is 0.451. The molecule has 2 heterocycles. The van der Waals surface area contributed by atoms with Gasteiger partial charge in [-0.3, -0.25) is 4.79 Å². The molecule has 0 radical (unpaired) electrons. The fraction of sp³-hybridized carbons (Fsp3) is 0.429. The fourth-order valence-corrected chi connectivity index (χ4v) is 2.34. The molecule has 2 rings (SSSR count). The van der Waals surface area contributed by atoms with Crippen LogP contribution in [-0.2, 0) is 4.79 Å². The Balaban J connectivity index is 2.23. The molecule has 0 fully saturated rings. The summed E-state index contributed by atoms with van der Waals surface area (Å²) < 4.78 is 0. The van der Waals surface area contributed by atoms with Crippen molar-refractivity contribution in [1.29, 1.82) is 0 Å². The van der Waals surface area contributed by atoms with E-state index in [9.17, 15) is 4.79 Å². The van der Waals surface area contributed by atoms with E-state index in [0.29, 0.717) is 11.7 Å². The zero-order valence-electron chi connectivity index (χ0n) is 6.38. The number of thioether (sulfide) groups is 1. The number of carbonyl (C=O) groups is 1. The third-order valence-electron chi connectivity index (χ3n) is 1.93. The maximum atomic E-state index is 10.6. The Morgan fingerprint density at radius 3 is 3.42 bits per heavy atom. The summed E-state index contributed by atoms with van der Waals surface area (Å²) in [6.07, 6.45) is 4.77. The molecule has 4 nitrogen and oxygen atoms in total. The number of amidine groups is 1. The largest absolute Gasteiger partial charge is 0.378 e. The van der Waals surface area contributed by atoms with Gasteiger partial charge in [0, 0.05) is 6.54 Å². The maximum Gasteiger partial charge on any atom is 0.211 e. The summed E-state index contributed by atoms with van der Waals surface area (Å²) in [5.41, 5.74) is 5.55. The predicted molar refractivity (Wildman–Crippen MR) is 48.7 cm³/mol. The molecule has 2 atom stereocenters. The van der Waals surface area contributed by atoms with Crippen molar-refractivity contribution in [2.24, 2.45) is 10.7 Å². The smallest absolute Gasteiger partial charge is 0.211 e. The van der Waals surface area contributed by atoms with Crippen LogP contribution in [0, 0.1) is 0 Å². The minimum atomic E-state index is -0.0718. The highest BCUT2D eigenvalue weighted by molar-refractivity contribution is 8.14. The second-order valence-corrected chi connectivity index (χ2v) is 3.89. The summed E-state index contributed by atoms with van der Waals surface area (Å²) in [7, 11) is 0. The molecule has 12 heavy (non-hydrogen) atoms. The van der Waals surface area contributed by atoms with Gasteiger partial charge in [-0.05, 0) is 0 Å². The number of rotatable bonds is 1. The number of amides is 1. The number of aliphatic imine (C=N–C) groups is 1. The lowest BCUT2D eigenvalue weighted by molar-refractivity contribution is -0.119. The predicted octanol–water partition coefficient (Wildman–Crippen LogP) is -0.229. The van der Waals surface area contributed by atoms with Crippen molar-refractivity contribution in [3.05, 3.63) is 12.2 Å². The van der Waals surface area contributed by atoms with Gasteiger partial charge in [0.15, 0.2) is 5.17 Å². The number of nitrogens with zero attached hydrogens (tertiary/aromatic N) is 2. The Bertz CT molecular complexity index is 263. The summed E-state index contributed by atoms with van der Waals surface area (Å²) in [6, 6.07) is 0. The van der Waals surface area contributed by atoms with E-state index in [-0.39, 0.29) is 11.4 Å². The first-order chi connectivity index (χ1) is 5.81. The Morgan fingerprint density at radius 1 is 1.83 bits per heavy atom. The molecule has 2 N–H and O–H groups in total. The highest BCUT2D eigenvalue weighted by Crippen LogP contribution is 2.29. The monoisotopic (exact) mass is 183 g/mol. The van der Waals surface area contributed by atoms with E-state index in [1.165, 1.54) is 11.8 Å². The number of hydrogen-bond acceptors (Lipinski definition) is 4. The van der Waals surface area contributed by atoms with E-state index >= 15 is 0 Å². The van der Waals surface area contributed by atoms with Crippen LogP contribution in [0.4, 0.5) is 0 Å². The number of carbonyl (C=O) groups excluding carboxylic acids is 1. The van der Waals surface area contributed by atoms with Gasteiger partial charge in [-0.2, -0.15) is 0 Å². The standard InChI is InChI=1S/C7H9N3OS/c8-7-9-6-5(12-7)2-1-3-10(6)4-11/h1-2,4-6H,3H2,(H2,8,9)/t5-,6+/m1/s1. The van der Waals surface area contributed by atoms with Crippen LogP contribution in [0.1, 0.15) is 0 Å². The molecule has 5 heteroatoms. The number of nitrogens with two attached hydrogens (primary N) is 1. The first kappa shape index (κ1) is 7.67. The number of fused-ring (bicyclic) bond motifs is 1. The van der Waals surface area contributed by atoms with Gasteiger partial charge in [0.25, 0.3) is 0 Å². The van der Waals surface area contributed by atoms with Crippen LogP contribution in [0.15, 0.2) is 17.1 Å². The van der Waals surface area contributed by atoms with E-state index in [1.807, 2.05) is 6.08 Å². The molecular formula is C7H9N3OS. The van der Waals surface area contributed by atoms with Crippen molar-refractivity contribution in [1.82, 2.24) is 4.90 Å². The summed E-state index contributed by atoms with van der Waals surface area (Å²) in [6.45, 7) is 0.641. The average molecular weight is 183 g/mol. The Morgan fingerprint density at radius 2 is 2.67 bits per heavy atom. The topological polar surface area (TPSA) is 58.7 Å². The van der Waals surface area contributed by atoms with Crippen LogP contribution in [0.3, 0.4) is 0 Å². The molecule has 0 spiro atoms. The second kappa shape index (κ2) is 2.82. The SMILES string of the molecule is NC1=N[C@@H]2[C@@H](C=CCN2C=O)S1. The van der Waals surface area contributed by atoms with Crippen LogP contribution in [0.2, 0.25) is 0 Å². The Labute approximate surface area is 74.5 Å². The summed E-state index contributed by atoms with van der Waals surface area (Å²) in [5, 5.41) is 0.798. The van der Waals surface area contributed by atoms with E-state index in [2.05, 4.69) is 11.1 Å². The van der Waals surface area contributed by atoms with E-state index in [0.717, 1.165) is 6.41 Å². The normalized spacial score (nSPS) is 33.0. The summed E-state index contributed by atoms with van der Waals surface area (Å²) >= 11 is 1.51. The minimum absolute atomic E-state index is 0.0718. The zero-order valence-corrected chi connectivity index (χ0v) is 7.20. The van der Waals surface area contributed by atoms with Crippen molar-refractivity contribution in [3.8, 4) is 0 Å². The third kappa shape index (κ3) is 1.10. The van der Waals surface area contributed by atoms with Crippen molar-refractivity contribution < 1.29 is 4.79 Å². The number of hydrogen-bond donors (Lipinski definition) is 1. The van der Waals surface area contributed by atoms with Crippen molar-refractivity contribution in [2.75, 3.05) is 6.54 Å². The van der Waals surface area contributed by atoms with Crippen molar-refractivity contribution in [3.63, 3.8) is 0 Å². The van der Waals surface area contributed by atoms with Gasteiger partial charge < -0.3 is 10.6 Å². The lowest BCUT2D eigenvalue weighted by atomic mass is 10.2. The molecule has 0 aromatic heterocycles. The molecule has 2 aliphatic rings. The zero-order chi connectivity index (χ0) is 8.55. The average Bonchev–Trinajstić information content (AvgIpc) is 2.44. The first-order valence-electron chi connectivity index (χ1n) is 3.69. The van der Waals surface area contributed by atoms with Crippen LogP contribution in [0.25, 0.3) is 0 Å². The molecule has 0 aromatic carbocycles. The molecule has 0 aliphatic carbocycles. The van der Waals surface area contributed by atoms with Crippen molar-refractivity contribution in [2.45, 2.75) is 11.4 Å². The highest BCUT2D eigenvalue weighted by atomic mass is 32.2. The van der Waals surface area contributed by atoms with Crippen molar-refractivity contribution >= 4 is 23.3 Å². The maximum absolute atomic E-state index is 10.6. The van der Waals surface area contributed by atoms with E-state index in [1.54, 1.807) is 4.90 Å². The molecular weight excluding hydrogens is 174 g/mol. The van der Waals surface area contributed by atoms with E-state index < -0.39 is 0 Å². The summed E-state index contributed by atoms with van der Waals surface area (Å²) in [5.74, 6) is 0. The van der Waals surface area contributed by atoms with Gasteiger partial charge >= 0.3 is 0 Å². The molecule has 0 unspecified atom stereocenters. The second-order valence-electron chi connectivity index (χ2n) is 2.69. The Kier molecular flexibility index (Phi) is 1.80. The molecule has 0 saturated carbocycles. The van der Waals surface area contributed by atoms with Crippen LogP contribution in [0.5, 0.6) is 0 Å². The van der Waals surface area contributed by atoms with Crippen LogP contribution in [-0.4, -0.2) is 34.4 Å². The lowest BCUT2D eigenvalue weighted by Gasteiger charge is -2.27. The van der Waals surface area contributed by atoms with E-state index in [4.69, 9.17) is 5.73 Å². The molecule has 2 aliphatic heterocycles. The van der Waals surface area contributed by atoms with Crippen LogP contribution >= 0.6 is 11.8 Å². The summed E-state index contributed by atoms with van der Waals surface area (Å²) in [4.78, 5) is 16.4. The fourth-order valence-electron chi connectivity index (χ4n) is 1.37. The van der Waals surface area contributed by atoms with Gasteiger partial charge in [0.2, 0.25) is 6.41 Å². The van der Waals surface area contributed by atoms with Gasteiger partial charge in [-0.15, -0.1) is 0 Å². The third-order valence-corrected chi connectivity index (χ3v) is 2.95. The molecule has 1 amide bonds. The lowest BCUT2D eigenvalue weighted by Crippen LogP contribution is -2.40.